The molecule has 3 atom stereocenters. The van der Waals surface area contributed by atoms with Crippen LogP contribution in [0.2, 0.25) is 0 Å². The number of nitrogens with zero attached hydrogens (tertiary/aromatic N) is 1. The molecule has 0 aromatic heterocycles. The fraction of sp³-hybridized carbons (Fsp3) is 1.00. The molecular formula is C15H28N2O. The molecule has 3 aliphatic rings. The molecule has 2 heterocycles. The van der Waals surface area contributed by atoms with E-state index in [4.69, 9.17) is 4.74 Å². The van der Waals surface area contributed by atoms with Gasteiger partial charge in [-0.1, -0.05) is 6.92 Å². The summed E-state index contributed by atoms with van der Waals surface area (Å²) in [6.45, 7) is 10.4. The average Bonchev–Trinajstić information content (AvgIpc) is 3.12. The van der Waals surface area contributed by atoms with Gasteiger partial charge in [0.15, 0.2) is 0 Å². The molecule has 0 radical (unpaired) electrons. The molecule has 3 heteroatoms. The van der Waals surface area contributed by atoms with E-state index >= 15 is 0 Å². The zero-order valence-corrected chi connectivity index (χ0v) is 12.0. The molecule has 2 saturated heterocycles. The van der Waals surface area contributed by atoms with Gasteiger partial charge in [-0.2, -0.15) is 0 Å². The van der Waals surface area contributed by atoms with E-state index < -0.39 is 0 Å². The van der Waals surface area contributed by atoms with Crippen molar-refractivity contribution in [1.29, 1.82) is 0 Å². The predicted molar refractivity (Wildman–Crippen MR) is 73.7 cm³/mol. The van der Waals surface area contributed by atoms with Gasteiger partial charge in [-0.25, -0.2) is 0 Å². The van der Waals surface area contributed by atoms with Crippen LogP contribution in [-0.2, 0) is 4.74 Å². The monoisotopic (exact) mass is 252 g/mol. The lowest BCUT2D eigenvalue weighted by atomic mass is 9.88. The highest BCUT2D eigenvalue weighted by Crippen LogP contribution is 2.44. The number of hydrogen-bond acceptors (Lipinski definition) is 3. The quantitative estimate of drug-likeness (QED) is 0.827. The number of hydrogen-bond donors (Lipinski definition) is 1. The Kier molecular flexibility index (Phi) is 3.65. The summed E-state index contributed by atoms with van der Waals surface area (Å²) < 4.78 is 5.55. The SMILES string of the molecule is CCC1CN(CC2CCOC2)C(C)(C2CC2)CN1. The molecule has 0 spiro atoms. The van der Waals surface area contributed by atoms with Crippen molar-refractivity contribution in [1.82, 2.24) is 10.2 Å². The molecular weight excluding hydrogens is 224 g/mol. The van der Waals surface area contributed by atoms with Gasteiger partial charge in [0.05, 0.1) is 6.61 Å². The lowest BCUT2D eigenvalue weighted by Gasteiger charge is -2.49. The Bertz CT molecular complexity index is 286. The van der Waals surface area contributed by atoms with Crippen LogP contribution in [0.3, 0.4) is 0 Å². The van der Waals surface area contributed by atoms with Gasteiger partial charge in [-0.15, -0.1) is 0 Å². The lowest BCUT2D eigenvalue weighted by molar-refractivity contribution is 0.0195. The van der Waals surface area contributed by atoms with Gasteiger partial charge >= 0.3 is 0 Å². The Morgan fingerprint density at radius 2 is 2.17 bits per heavy atom. The van der Waals surface area contributed by atoms with E-state index in [1.54, 1.807) is 0 Å². The van der Waals surface area contributed by atoms with Crippen molar-refractivity contribution in [2.45, 2.75) is 51.1 Å². The molecule has 2 aliphatic heterocycles. The maximum Gasteiger partial charge on any atom is 0.0507 e. The maximum atomic E-state index is 5.55. The van der Waals surface area contributed by atoms with Crippen LogP contribution in [0.25, 0.3) is 0 Å². The van der Waals surface area contributed by atoms with Crippen LogP contribution in [0.15, 0.2) is 0 Å². The topological polar surface area (TPSA) is 24.5 Å². The second kappa shape index (κ2) is 5.10. The van der Waals surface area contributed by atoms with E-state index in [2.05, 4.69) is 24.1 Å². The van der Waals surface area contributed by atoms with E-state index in [0.29, 0.717) is 11.6 Å². The van der Waals surface area contributed by atoms with Gasteiger partial charge in [-0.05, 0) is 44.4 Å². The third kappa shape index (κ3) is 2.45. The second-order valence-corrected chi connectivity index (χ2v) is 6.75. The van der Waals surface area contributed by atoms with E-state index in [1.165, 1.54) is 45.3 Å². The Morgan fingerprint density at radius 3 is 2.78 bits per heavy atom. The summed E-state index contributed by atoms with van der Waals surface area (Å²) in [7, 11) is 0. The molecule has 3 unspecified atom stereocenters. The van der Waals surface area contributed by atoms with E-state index in [1.807, 2.05) is 0 Å². The molecule has 3 rings (SSSR count). The molecule has 1 aliphatic carbocycles. The summed E-state index contributed by atoms with van der Waals surface area (Å²) in [6, 6.07) is 0.694. The molecule has 0 aromatic rings. The van der Waals surface area contributed by atoms with E-state index in [9.17, 15) is 0 Å². The van der Waals surface area contributed by atoms with Crippen LogP contribution in [0, 0.1) is 11.8 Å². The van der Waals surface area contributed by atoms with Gasteiger partial charge in [0.25, 0.3) is 0 Å². The summed E-state index contributed by atoms with van der Waals surface area (Å²) in [6.07, 6.45) is 5.39. The van der Waals surface area contributed by atoms with Crippen LogP contribution in [0.1, 0.15) is 39.5 Å². The number of rotatable bonds is 4. The number of nitrogens with one attached hydrogen (secondary N) is 1. The number of piperazine rings is 1. The normalized spacial score (nSPS) is 42.3. The standard InChI is InChI=1S/C15H28N2O/c1-3-14-9-17(8-12-6-7-18-10-12)15(2,11-16-14)13-4-5-13/h12-14,16H,3-11H2,1-2H3. The van der Waals surface area contributed by atoms with Crippen molar-refractivity contribution in [3.05, 3.63) is 0 Å². The van der Waals surface area contributed by atoms with Crippen molar-refractivity contribution >= 4 is 0 Å². The first-order chi connectivity index (χ1) is 8.72. The van der Waals surface area contributed by atoms with Crippen LogP contribution in [-0.4, -0.2) is 49.3 Å². The Hall–Kier alpha value is -0.120. The molecule has 104 valence electrons. The smallest absolute Gasteiger partial charge is 0.0507 e. The van der Waals surface area contributed by atoms with Gasteiger partial charge < -0.3 is 10.1 Å². The Morgan fingerprint density at radius 1 is 1.33 bits per heavy atom. The van der Waals surface area contributed by atoms with Crippen LogP contribution < -0.4 is 5.32 Å². The first-order valence-electron chi connectivity index (χ1n) is 7.78. The zero-order chi connectivity index (χ0) is 12.6. The Labute approximate surface area is 111 Å². The van der Waals surface area contributed by atoms with Gasteiger partial charge in [0.1, 0.15) is 0 Å². The van der Waals surface area contributed by atoms with Gasteiger partial charge in [0, 0.05) is 37.8 Å². The third-order valence-corrected chi connectivity index (χ3v) is 5.36. The lowest BCUT2D eigenvalue weighted by Crippen LogP contribution is -2.65. The average molecular weight is 252 g/mol. The molecule has 3 fully saturated rings. The Balaban J connectivity index is 1.67. The largest absolute Gasteiger partial charge is 0.381 e. The highest BCUT2D eigenvalue weighted by Gasteiger charge is 2.48. The fourth-order valence-corrected chi connectivity index (χ4v) is 3.71. The van der Waals surface area contributed by atoms with Crippen LogP contribution >= 0.6 is 0 Å². The van der Waals surface area contributed by atoms with Gasteiger partial charge in [0.2, 0.25) is 0 Å². The van der Waals surface area contributed by atoms with Crippen LogP contribution in [0.4, 0.5) is 0 Å². The molecule has 3 nitrogen and oxygen atoms in total. The van der Waals surface area contributed by atoms with Crippen molar-refractivity contribution in [2.75, 3.05) is 32.8 Å². The van der Waals surface area contributed by atoms with E-state index in [-0.39, 0.29) is 0 Å². The maximum absolute atomic E-state index is 5.55. The number of ether oxygens (including phenoxy) is 1. The summed E-state index contributed by atoms with van der Waals surface area (Å²) in [5.41, 5.74) is 0.411. The van der Waals surface area contributed by atoms with Crippen LogP contribution in [0.5, 0.6) is 0 Å². The predicted octanol–water partition coefficient (Wildman–Crippen LogP) is 1.88. The highest BCUT2D eigenvalue weighted by molar-refractivity contribution is 5.05. The van der Waals surface area contributed by atoms with Gasteiger partial charge in [-0.3, -0.25) is 4.90 Å². The summed E-state index contributed by atoms with van der Waals surface area (Å²) in [5, 5.41) is 3.76. The fourth-order valence-electron chi connectivity index (χ4n) is 3.71. The summed E-state index contributed by atoms with van der Waals surface area (Å²) in [4.78, 5) is 2.80. The first-order valence-corrected chi connectivity index (χ1v) is 7.78. The summed E-state index contributed by atoms with van der Waals surface area (Å²) >= 11 is 0. The molecule has 0 amide bonds. The molecule has 1 N–H and O–H groups in total. The van der Waals surface area contributed by atoms with Crippen molar-refractivity contribution in [2.24, 2.45) is 11.8 Å². The second-order valence-electron chi connectivity index (χ2n) is 6.75. The van der Waals surface area contributed by atoms with Crippen molar-refractivity contribution in [3.63, 3.8) is 0 Å². The minimum absolute atomic E-state index is 0.411. The molecule has 18 heavy (non-hydrogen) atoms. The molecule has 1 saturated carbocycles. The minimum Gasteiger partial charge on any atom is -0.381 e. The van der Waals surface area contributed by atoms with Crippen molar-refractivity contribution in [3.8, 4) is 0 Å². The highest BCUT2D eigenvalue weighted by atomic mass is 16.5. The molecule has 0 bridgehead atoms. The zero-order valence-electron chi connectivity index (χ0n) is 12.0. The molecule has 0 aromatic carbocycles. The third-order valence-electron chi connectivity index (χ3n) is 5.36. The summed E-state index contributed by atoms with van der Waals surface area (Å²) in [5.74, 6) is 1.71. The minimum atomic E-state index is 0.411. The van der Waals surface area contributed by atoms with E-state index in [0.717, 1.165) is 25.0 Å². The van der Waals surface area contributed by atoms with Crippen molar-refractivity contribution < 1.29 is 4.74 Å². The first kappa shape index (κ1) is 12.9.